The molecule has 1 aliphatic heterocycles. The zero-order valence-corrected chi connectivity index (χ0v) is 18.1. The van der Waals surface area contributed by atoms with Crippen LogP contribution in [-0.4, -0.2) is 33.6 Å². The third-order valence-corrected chi connectivity index (χ3v) is 6.02. The van der Waals surface area contributed by atoms with Gasteiger partial charge >= 0.3 is 0 Å². The van der Waals surface area contributed by atoms with E-state index >= 15 is 0 Å². The maximum absolute atomic E-state index is 11.3. The Labute approximate surface area is 179 Å². The van der Waals surface area contributed by atoms with Crippen LogP contribution in [0.5, 0.6) is 0 Å². The molecule has 0 bridgehead atoms. The number of hydrogen-bond acceptors (Lipinski definition) is 3. The van der Waals surface area contributed by atoms with Gasteiger partial charge in [-0.25, -0.2) is 0 Å². The maximum Gasteiger partial charge on any atom is 0.134 e. The monoisotopic (exact) mass is 401 g/mol. The molecule has 4 heteroatoms. The average molecular weight is 402 g/mol. The number of Topliss-reactive ketones (excluding diaryl/α,β-unsaturated/α-hetero) is 1. The van der Waals surface area contributed by atoms with Gasteiger partial charge in [0.2, 0.25) is 0 Å². The summed E-state index contributed by atoms with van der Waals surface area (Å²) in [4.78, 5) is 13.8. The highest BCUT2D eigenvalue weighted by atomic mass is 16.1. The first kappa shape index (κ1) is 20.5. The number of piperidine rings is 1. The Hall–Kier alpha value is -2.72. The Kier molecular flexibility index (Phi) is 6.44. The van der Waals surface area contributed by atoms with Gasteiger partial charge in [0.1, 0.15) is 5.78 Å². The maximum atomic E-state index is 11.3. The molecule has 1 fully saturated rings. The van der Waals surface area contributed by atoms with Crippen molar-refractivity contribution >= 4 is 5.78 Å². The Morgan fingerprint density at radius 1 is 0.967 bits per heavy atom. The van der Waals surface area contributed by atoms with Crippen molar-refractivity contribution in [2.24, 2.45) is 5.92 Å². The SMILES string of the molecule is CC(=O)Cc1ccc(-c2ccc(CN3CCC(Cn4cc(C)cn4)CC3)cc2)cc1. The quantitative estimate of drug-likeness (QED) is 0.565. The zero-order valence-electron chi connectivity index (χ0n) is 18.1. The minimum Gasteiger partial charge on any atom is -0.300 e. The fourth-order valence-electron chi connectivity index (χ4n) is 4.32. The van der Waals surface area contributed by atoms with Crippen LogP contribution < -0.4 is 0 Å². The summed E-state index contributed by atoms with van der Waals surface area (Å²) in [6.07, 6.45) is 7.08. The van der Waals surface area contributed by atoms with Crippen molar-refractivity contribution in [1.29, 1.82) is 0 Å². The van der Waals surface area contributed by atoms with Gasteiger partial charge in [0.25, 0.3) is 0 Å². The molecule has 0 radical (unpaired) electrons. The first-order valence-corrected chi connectivity index (χ1v) is 10.9. The molecule has 3 aromatic rings. The zero-order chi connectivity index (χ0) is 20.9. The van der Waals surface area contributed by atoms with Crippen molar-refractivity contribution in [3.05, 3.63) is 77.6 Å². The van der Waals surface area contributed by atoms with Crippen LogP contribution in [0.4, 0.5) is 0 Å². The van der Waals surface area contributed by atoms with Crippen LogP contribution in [0.15, 0.2) is 60.9 Å². The highest BCUT2D eigenvalue weighted by Gasteiger charge is 2.20. The lowest BCUT2D eigenvalue weighted by Crippen LogP contribution is -2.34. The second-order valence-corrected chi connectivity index (χ2v) is 8.73. The predicted octanol–water partition coefficient (Wildman–Crippen LogP) is 4.90. The van der Waals surface area contributed by atoms with Crippen molar-refractivity contribution in [3.63, 3.8) is 0 Å². The van der Waals surface area contributed by atoms with Crippen molar-refractivity contribution in [2.45, 2.75) is 46.2 Å². The van der Waals surface area contributed by atoms with Crippen molar-refractivity contribution in [1.82, 2.24) is 14.7 Å². The van der Waals surface area contributed by atoms with Gasteiger partial charge < -0.3 is 0 Å². The van der Waals surface area contributed by atoms with Crippen molar-refractivity contribution < 1.29 is 4.79 Å². The number of ketones is 1. The fraction of sp³-hybridized carbons (Fsp3) is 0.385. The molecule has 0 unspecified atom stereocenters. The summed E-state index contributed by atoms with van der Waals surface area (Å²) in [5, 5.41) is 4.44. The topological polar surface area (TPSA) is 38.1 Å². The average Bonchev–Trinajstić information content (AvgIpc) is 3.15. The normalized spacial score (nSPS) is 15.4. The van der Waals surface area contributed by atoms with Gasteiger partial charge in [-0.1, -0.05) is 48.5 Å². The van der Waals surface area contributed by atoms with E-state index in [1.54, 1.807) is 6.92 Å². The summed E-state index contributed by atoms with van der Waals surface area (Å²) in [5.74, 6) is 0.932. The van der Waals surface area contributed by atoms with Crippen LogP contribution in [0, 0.1) is 12.8 Å². The largest absolute Gasteiger partial charge is 0.300 e. The minimum atomic E-state index is 0.202. The van der Waals surface area contributed by atoms with E-state index in [1.807, 2.05) is 6.20 Å². The summed E-state index contributed by atoms with van der Waals surface area (Å²) in [6.45, 7) is 8.11. The molecule has 0 atom stereocenters. The summed E-state index contributed by atoms with van der Waals surface area (Å²) in [5.41, 5.74) is 6.11. The third kappa shape index (κ3) is 5.45. The molecule has 0 amide bonds. The van der Waals surface area contributed by atoms with Gasteiger partial charge in [0.05, 0.1) is 6.20 Å². The number of aromatic nitrogens is 2. The molecule has 1 aromatic heterocycles. The molecular weight excluding hydrogens is 370 g/mol. The van der Waals surface area contributed by atoms with E-state index in [0.29, 0.717) is 6.42 Å². The molecule has 4 rings (SSSR count). The summed E-state index contributed by atoms with van der Waals surface area (Å²) >= 11 is 0. The number of benzene rings is 2. The molecule has 30 heavy (non-hydrogen) atoms. The molecule has 2 heterocycles. The van der Waals surface area contributed by atoms with E-state index in [2.05, 4.69) is 76.3 Å². The molecule has 156 valence electrons. The van der Waals surface area contributed by atoms with E-state index in [-0.39, 0.29) is 5.78 Å². The molecule has 0 aliphatic carbocycles. The Balaban J connectivity index is 1.28. The summed E-state index contributed by atoms with van der Waals surface area (Å²) in [7, 11) is 0. The standard InChI is InChI=1S/C26H31N3O/c1-20-16-27-29(17-20)19-24-11-13-28(14-12-24)18-23-5-9-26(10-6-23)25-7-3-22(4-8-25)15-21(2)30/h3-10,16-17,24H,11-15,18-19H2,1-2H3. The number of carbonyl (C=O) groups is 1. The Morgan fingerprint density at radius 3 is 2.10 bits per heavy atom. The van der Waals surface area contributed by atoms with Crippen LogP contribution in [-0.2, 0) is 24.3 Å². The number of rotatable bonds is 7. The Bertz CT molecular complexity index is 964. The van der Waals surface area contributed by atoms with Crippen molar-refractivity contribution in [2.75, 3.05) is 13.1 Å². The van der Waals surface area contributed by atoms with E-state index in [1.165, 1.54) is 35.1 Å². The first-order chi connectivity index (χ1) is 14.5. The van der Waals surface area contributed by atoms with Crippen LogP contribution in [0.3, 0.4) is 0 Å². The molecule has 0 spiro atoms. The van der Waals surface area contributed by atoms with Crippen LogP contribution in [0.1, 0.15) is 36.5 Å². The van der Waals surface area contributed by atoms with E-state index in [9.17, 15) is 4.79 Å². The third-order valence-electron chi connectivity index (χ3n) is 6.02. The lowest BCUT2D eigenvalue weighted by atomic mass is 9.96. The van der Waals surface area contributed by atoms with Gasteiger partial charge in [-0.05, 0) is 73.5 Å². The van der Waals surface area contributed by atoms with Crippen molar-refractivity contribution in [3.8, 4) is 11.1 Å². The van der Waals surface area contributed by atoms with Crippen LogP contribution in [0.2, 0.25) is 0 Å². The van der Waals surface area contributed by atoms with E-state index in [4.69, 9.17) is 0 Å². The molecular formula is C26H31N3O. The molecule has 0 saturated carbocycles. The predicted molar refractivity (Wildman–Crippen MR) is 121 cm³/mol. The molecule has 4 nitrogen and oxygen atoms in total. The minimum absolute atomic E-state index is 0.202. The molecule has 1 aliphatic rings. The van der Waals surface area contributed by atoms with E-state index < -0.39 is 0 Å². The first-order valence-electron chi connectivity index (χ1n) is 10.9. The highest BCUT2D eigenvalue weighted by molar-refractivity contribution is 5.78. The van der Waals surface area contributed by atoms with Gasteiger partial charge in [-0.2, -0.15) is 5.10 Å². The smallest absolute Gasteiger partial charge is 0.134 e. The fourth-order valence-corrected chi connectivity index (χ4v) is 4.32. The second-order valence-electron chi connectivity index (χ2n) is 8.73. The lowest BCUT2D eigenvalue weighted by molar-refractivity contribution is -0.116. The van der Waals surface area contributed by atoms with Crippen LogP contribution in [0.25, 0.3) is 11.1 Å². The van der Waals surface area contributed by atoms with Gasteiger partial charge in [0.15, 0.2) is 0 Å². The number of hydrogen-bond donors (Lipinski definition) is 0. The van der Waals surface area contributed by atoms with Gasteiger partial charge in [-0.15, -0.1) is 0 Å². The number of nitrogens with zero attached hydrogens (tertiary/aromatic N) is 3. The van der Waals surface area contributed by atoms with Gasteiger partial charge in [-0.3, -0.25) is 14.4 Å². The lowest BCUT2D eigenvalue weighted by Gasteiger charge is -2.32. The molecule has 0 N–H and O–H groups in total. The van der Waals surface area contributed by atoms with E-state index in [0.717, 1.165) is 37.7 Å². The molecule has 2 aromatic carbocycles. The summed E-state index contributed by atoms with van der Waals surface area (Å²) in [6, 6.07) is 17.2. The Morgan fingerprint density at radius 2 is 1.57 bits per heavy atom. The number of aryl methyl sites for hydroxylation is 1. The summed E-state index contributed by atoms with van der Waals surface area (Å²) < 4.78 is 2.10. The number of likely N-dealkylation sites (tertiary alicyclic amines) is 1. The van der Waals surface area contributed by atoms with Gasteiger partial charge in [0, 0.05) is 25.7 Å². The molecule has 1 saturated heterocycles. The number of carbonyl (C=O) groups excluding carboxylic acids is 1. The highest BCUT2D eigenvalue weighted by Crippen LogP contribution is 2.23. The second kappa shape index (κ2) is 9.40. The van der Waals surface area contributed by atoms with Crippen LogP contribution >= 0.6 is 0 Å².